The summed E-state index contributed by atoms with van der Waals surface area (Å²) >= 11 is 0. The van der Waals surface area contributed by atoms with Crippen molar-refractivity contribution in [1.82, 2.24) is 0 Å². The van der Waals surface area contributed by atoms with Gasteiger partial charge in [0.15, 0.2) is 0 Å². The number of anilines is 2. The molecule has 0 aliphatic rings. The Morgan fingerprint density at radius 3 is 1.56 bits per heavy atom. The average molecular weight is 591 g/mol. The Kier molecular flexibility index (Phi) is 7.16. The van der Waals surface area contributed by atoms with Crippen molar-refractivity contribution in [3.63, 3.8) is 0 Å². The first kappa shape index (κ1) is 28.0. The molecule has 0 amide bonds. The van der Waals surface area contributed by atoms with Crippen molar-refractivity contribution in [3.05, 3.63) is 96.3 Å². The van der Waals surface area contributed by atoms with Gasteiger partial charge in [0.25, 0.3) is 20.0 Å². The van der Waals surface area contributed by atoms with E-state index in [-0.39, 0.29) is 11.3 Å². The van der Waals surface area contributed by atoms with Gasteiger partial charge in [0, 0.05) is 5.56 Å². The average Bonchev–Trinajstić information content (AvgIpc) is 3.39. The van der Waals surface area contributed by atoms with Crippen molar-refractivity contribution in [2.75, 3.05) is 9.44 Å². The van der Waals surface area contributed by atoms with Crippen molar-refractivity contribution >= 4 is 31.4 Å². The van der Waals surface area contributed by atoms with E-state index in [1.165, 1.54) is 24.5 Å². The molecule has 0 saturated heterocycles. The second-order valence-electron chi connectivity index (χ2n) is 8.00. The Morgan fingerprint density at radius 2 is 1.10 bits per heavy atom. The number of halogens is 6. The van der Waals surface area contributed by atoms with Crippen LogP contribution in [-0.2, 0) is 32.4 Å². The Balaban J connectivity index is 1.77. The highest BCUT2D eigenvalue weighted by Gasteiger charge is 2.33. The number of nitrogens with one attached hydrogen (secondary N) is 2. The zero-order valence-electron chi connectivity index (χ0n) is 19.2. The third kappa shape index (κ3) is 6.37. The zero-order chi connectivity index (χ0) is 28.6. The third-order valence-electron chi connectivity index (χ3n) is 5.26. The van der Waals surface area contributed by atoms with E-state index in [1.54, 1.807) is 0 Å². The second kappa shape index (κ2) is 9.96. The number of benzene rings is 3. The number of alkyl halides is 6. The first-order valence-corrected chi connectivity index (χ1v) is 13.6. The molecule has 4 aromatic rings. The number of sulfonamides is 2. The lowest BCUT2D eigenvalue weighted by Crippen LogP contribution is -2.18. The number of furan rings is 1. The summed E-state index contributed by atoms with van der Waals surface area (Å²) in [4.78, 5) is -1.54. The summed E-state index contributed by atoms with van der Waals surface area (Å²) in [6.07, 6.45) is -8.36. The van der Waals surface area contributed by atoms with Crippen molar-refractivity contribution in [1.29, 1.82) is 0 Å². The van der Waals surface area contributed by atoms with Gasteiger partial charge in [0.2, 0.25) is 0 Å². The van der Waals surface area contributed by atoms with E-state index < -0.39 is 64.7 Å². The standard InChI is InChI=1S/C24H16F6N2O5S2/c25-23(26,27)16-4-1-6-18(13-16)38(33,34)31-20-10-9-15(22-8-3-11-37-22)12-21(20)32-39(35,36)19-7-2-5-17(14-19)24(28,29)30/h1-14,31-32H. The number of rotatable bonds is 7. The second-order valence-corrected chi connectivity index (χ2v) is 11.4. The summed E-state index contributed by atoms with van der Waals surface area (Å²) in [6, 6.07) is 12.3. The lowest BCUT2D eigenvalue weighted by atomic mass is 10.1. The van der Waals surface area contributed by atoms with E-state index >= 15 is 0 Å². The summed E-state index contributed by atoms with van der Waals surface area (Å²) < 4.78 is 140. The minimum atomic E-state index is -4.84. The summed E-state index contributed by atoms with van der Waals surface area (Å²) in [6.45, 7) is 0. The molecule has 1 aromatic heterocycles. The van der Waals surface area contributed by atoms with Gasteiger partial charge >= 0.3 is 12.4 Å². The van der Waals surface area contributed by atoms with Crippen LogP contribution >= 0.6 is 0 Å². The molecule has 39 heavy (non-hydrogen) atoms. The van der Waals surface area contributed by atoms with Gasteiger partial charge in [-0.05, 0) is 66.7 Å². The largest absolute Gasteiger partial charge is 0.464 e. The molecular weight excluding hydrogens is 574 g/mol. The topological polar surface area (TPSA) is 105 Å². The van der Waals surface area contributed by atoms with Crippen molar-refractivity contribution in [2.24, 2.45) is 0 Å². The van der Waals surface area contributed by atoms with Gasteiger partial charge in [0.1, 0.15) is 5.76 Å². The summed E-state index contributed by atoms with van der Waals surface area (Å²) in [5.41, 5.74) is -3.07. The van der Waals surface area contributed by atoms with E-state index in [0.717, 1.165) is 36.4 Å². The van der Waals surface area contributed by atoms with Gasteiger partial charge in [-0.3, -0.25) is 9.44 Å². The van der Waals surface area contributed by atoms with E-state index in [4.69, 9.17) is 4.42 Å². The molecule has 4 rings (SSSR count). The quantitative estimate of drug-likeness (QED) is 0.237. The maximum atomic E-state index is 13.1. The molecule has 0 unspecified atom stereocenters. The molecule has 3 aromatic carbocycles. The van der Waals surface area contributed by atoms with Crippen molar-refractivity contribution in [2.45, 2.75) is 22.1 Å². The van der Waals surface area contributed by atoms with Gasteiger partial charge in [-0.2, -0.15) is 26.3 Å². The number of hydrogen-bond donors (Lipinski definition) is 2. The van der Waals surface area contributed by atoms with Gasteiger partial charge < -0.3 is 4.42 Å². The maximum absolute atomic E-state index is 13.1. The molecule has 0 bridgehead atoms. The van der Waals surface area contributed by atoms with Crippen LogP contribution in [0, 0.1) is 0 Å². The fraction of sp³-hybridized carbons (Fsp3) is 0.0833. The monoisotopic (exact) mass is 590 g/mol. The van der Waals surface area contributed by atoms with E-state index in [1.807, 2.05) is 4.72 Å². The molecule has 2 N–H and O–H groups in total. The molecule has 15 heteroatoms. The fourth-order valence-electron chi connectivity index (χ4n) is 3.40. The Hall–Kier alpha value is -3.98. The minimum absolute atomic E-state index is 0.238. The van der Waals surface area contributed by atoms with Gasteiger partial charge in [-0.1, -0.05) is 12.1 Å². The Labute approximate surface area is 218 Å². The molecule has 0 atom stereocenters. The van der Waals surface area contributed by atoms with Crippen LogP contribution in [0.3, 0.4) is 0 Å². The SMILES string of the molecule is O=S(=O)(Nc1ccc(-c2ccco2)cc1NS(=O)(=O)c1cccc(C(F)(F)F)c1)c1cccc(C(F)(F)F)c1. The highest BCUT2D eigenvalue weighted by atomic mass is 32.2. The van der Waals surface area contributed by atoms with Crippen LogP contribution in [0.15, 0.2) is 99.3 Å². The van der Waals surface area contributed by atoms with Crippen LogP contribution in [0.4, 0.5) is 37.7 Å². The normalized spacial score (nSPS) is 12.8. The first-order chi connectivity index (χ1) is 18.1. The molecule has 7 nitrogen and oxygen atoms in total. The molecule has 0 fully saturated rings. The van der Waals surface area contributed by atoms with E-state index in [9.17, 15) is 43.2 Å². The van der Waals surface area contributed by atoms with Crippen molar-refractivity contribution in [3.8, 4) is 11.3 Å². The molecule has 0 radical (unpaired) electrons. The van der Waals surface area contributed by atoms with Crippen LogP contribution in [-0.4, -0.2) is 16.8 Å². The highest BCUT2D eigenvalue weighted by Crippen LogP contribution is 2.35. The van der Waals surface area contributed by atoms with Crippen LogP contribution in [0.5, 0.6) is 0 Å². The summed E-state index contributed by atoms with van der Waals surface area (Å²) in [5.74, 6) is 0.238. The summed E-state index contributed by atoms with van der Waals surface area (Å²) in [5, 5.41) is 0. The molecule has 0 spiro atoms. The molecule has 1 heterocycles. The molecule has 206 valence electrons. The predicted molar refractivity (Wildman–Crippen MR) is 129 cm³/mol. The van der Waals surface area contributed by atoms with Crippen LogP contribution in [0.2, 0.25) is 0 Å². The van der Waals surface area contributed by atoms with Gasteiger partial charge in [-0.15, -0.1) is 0 Å². The van der Waals surface area contributed by atoms with E-state index in [2.05, 4.69) is 4.72 Å². The van der Waals surface area contributed by atoms with Crippen molar-refractivity contribution < 1.29 is 47.6 Å². The van der Waals surface area contributed by atoms with Crippen LogP contribution in [0.25, 0.3) is 11.3 Å². The smallest absolute Gasteiger partial charge is 0.416 e. The highest BCUT2D eigenvalue weighted by molar-refractivity contribution is 7.93. The third-order valence-corrected chi connectivity index (χ3v) is 7.98. The lowest BCUT2D eigenvalue weighted by molar-refractivity contribution is -0.138. The maximum Gasteiger partial charge on any atom is 0.416 e. The van der Waals surface area contributed by atoms with Gasteiger partial charge in [-0.25, -0.2) is 16.8 Å². The fourth-order valence-corrected chi connectivity index (χ4v) is 5.64. The predicted octanol–water partition coefficient (Wildman–Crippen LogP) is 6.59. The van der Waals surface area contributed by atoms with E-state index in [0.29, 0.717) is 24.3 Å². The minimum Gasteiger partial charge on any atom is -0.464 e. The molecule has 0 aliphatic heterocycles. The zero-order valence-corrected chi connectivity index (χ0v) is 20.8. The first-order valence-electron chi connectivity index (χ1n) is 10.6. The van der Waals surface area contributed by atoms with Crippen LogP contribution < -0.4 is 9.44 Å². The summed E-state index contributed by atoms with van der Waals surface area (Å²) in [7, 11) is -9.40. The lowest BCUT2D eigenvalue weighted by Gasteiger charge is -2.17. The molecular formula is C24H16F6N2O5S2. The van der Waals surface area contributed by atoms with Crippen LogP contribution in [0.1, 0.15) is 11.1 Å². The Morgan fingerprint density at radius 1 is 0.590 bits per heavy atom. The Bertz CT molecular complexity index is 1720. The molecule has 0 aliphatic carbocycles. The van der Waals surface area contributed by atoms with Gasteiger partial charge in [0.05, 0.1) is 38.6 Å². The molecule has 0 saturated carbocycles. The number of hydrogen-bond acceptors (Lipinski definition) is 5.